The summed E-state index contributed by atoms with van der Waals surface area (Å²) in [4.78, 5) is 39.1. The average molecular weight is 516 g/mol. The van der Waals surface area contributed by atoms with Crippen LogP contribution < -0.4 is 11.1 Å². The van der Waals surface area contributed by atoms with Gasteiger partial charge in [0.15, 0.2) is 0 Å². The van der Waals surface area contributed by atoms with Gasteiger partial charge in [0, 0.05) is 19.5 Å². The van der Waals surface area contributed by atoms with Gasteiger partial charge in [-0.15, -0.1) is 0 Å². The Labute approximate surface area is 224 Å². The van der Waals surface area contributed by atoms with Crippen LogP contribution in [0.3, 0.4) is 0 Å². The summed E-state index contributed by atoms with van der Waals surface area (Å²) >= 11 is 0. The number of nitrogens with two attached hydrogens (primary N) is 1. The molecule has 0 spiro atoms. The number of aryl methyl sites for hydroxylation is 1. The van der Waals surface area contributed by atoms with Crippen molar-refractivity contribution >= 4 is 17.9 Å². The minimum Gasteiger partial charge on any atom is -0.480 e. The first-order chi connectivity index (χ1) is 18.2. The molecule has 4 N–H and O–H groups in total. The van der Waals surface area contributed by atoms with Crippen molar-refractivity contribution in [2.45, 2.75) is 39.2 Å². The monoisotopic (exact) mass is 515 g/mol. The van der Waals surface area contributed by atoms with E-state index < -0.39 is 29.9 Å². The number of carbonyl (C=O) groups excluding carboxylic acids is 2. The molecule has 2 atom stereocenters. The SMILES string of the molecule is CC(C)CN(C[C@H](CCc1ccccc1)C(N)=O)C(=O)N[C@@H](Cc1ccc(-c2ccccc2)cc1)C(=O)O. The number of hydrogen-bond donors (Lipinski definition) is 3. The molecule has 0 aliphatic carbocycles. The minimum atomic E-state index is -1.12. The van der Waals surface area contributed by atoms with E-state index in [9.17, 15) is 19.5 Å². The Morgan fingerprint density at radius 2 is 1.39 bits per heavy atom. The lowest BCUT2D eigenvalue weighted by atomic mass is 9.98. The molecule has 3 rings (SSSR count). The number of aliphatic carboxylic acids is 1. The first-order valence-electron chi connectivity index (χ1n) is 13.0. The number of carboxylic acid groups (broad SMARTS) is 1. The van der Waals surface area contributed by atoms with Crippen LogP contribution in [0.5, 0.6) is 0 Å². The number of urea groups is 1. The van der Waals surface area contributed by atoms with Crippen molar-refractivity contribution in [3.05, 3.63) is 96.1 Å². The summed E-state index contributed by atoms with van der Waals surface area (Å²) in [5, 5.41) is 12.5. The topological polar surface area (TPSA) is 113 Å². The second kappa shape index (κ2) is 14.0. The van der Waals surface area contributed by atoms with E-state index >= 15 is 0 Å². The molecule has 200 valence electrons. The maximum Gasteiger partial charge on any atom is 0.326 e. The molecular formula is C31H37N3O4. The normalized spacial score (nSPS) is 12.5. The number of amides is 3. The van der Waals surface area contributed by atoms with E-state index in [2.05, 4.69) is 5.32 Å². The van der Waals surface area contributed by atoms with Gasteiger partial charge >= 0.3 is 12.0 Å². The summed E-state index contributed by atoms with van der Waals surface area (Å²) in [7, 11) is 0. The van der Waals surface area contributed by atoms with Crippen LogP contribution in [-0.2, 0) is 22.4 Å². The Kier molecular flexibility index (Phi) is 10.5. The number of carbonyl (C=O) groups is 3. The summed E-state index contributed by atoms with van der Waals surface area (Å²) in [5.41, 5.74) is 9.68. The van der Waals surface area contributed by atoms with Crippen LogP contribution in [0.1, 0.15) is 31.4 Å². The van der Waals surface area contributed by atoms with Crippen LogP contribution >= 0.6 is 0 Å². The summed E-state index contributed by atoms with van der Waals surface area (Å²) in [6.07, 6.45) is 1.29. The van der Waals surface area contributed by atoms with Gasteiger partial charge in [0.1, 0.15) is 6.04 Å². The zero-order chi connectivity index (χ0) is 27.5. The molecule has 3 aromatic rings. The van der Waals surface area contributed by atoms with Crippen molar-refractivity contribution in [3.63, 3.8) is 0 Å². The number of nitrogens with one attached hydrogen (secondary N) is 1. The van der Waals surface area contributed by atoms with Crippen LogP contribution in [0.15, 0.2) is 84.9 Å². The molecule has 38 heavy (non-hydrogen) atoms. The number of nitrogens with zero attached hydrogens (tertiary/aromatic N) is 1. The maximum atomic E-state index is 13.3. The first-order valence-corrected chi connectivity index (χ1v) is 13.0. The molecule has 0 radical (unpaired) electrons. The van der Waals surface area contributed by atoms with Crippen molar-refractivity contribution in [1.82, 2.24) is 10.2 Å². The predicted molar refractivity (Wildman–Crippen MR) is 149 cm³/mol. The van der Waals surface area contributed by atoms with Crippen LogP contribution in [0.2, 0.25) is 0 Å². The van der Waals surface area contributed by atoms with E-state index in [-0.39, 0.29) is 18.9 Å². The third-order valence-electron chi connectivity index (χ3n) is 6.44. The summed E-state index contributed by atoms with van der Waals surface area (Å²) in [5.74, 6) is -2.02. The molecule has 0 bridgehead atoms. The Hall–Kier alpha value is -4.13. The molecule has 0 aliphatic heterocycles. The molecular weight excluding hydrogens is 478 g/mol. The highest BCUT2D eigenvalue weighted by molar-refractivity contribution is 5.83. The predicted octanol–water partition coefficient (Wildman–Crippen LogP) is 4.75. The van der Waals surface area contributed by atoms with Gasteiger partial charge in [-0.05, 0) is 41.0 Å². The molecule has 0 heterocycles. The fourth-order valence-electron chi connectivity index (χ4n) is 4.40. The molecule has 3 amide bonds. The third-order valence-corrected chi connectivity index (χ3v) is 6.44. The van der Waals surface area contributed by atoms with Gasteiger partial charge < -0.3 is 21.1 Å². The second-order valence-corrected chi connectivity index (χ2v) is 10.0. The first kappa shape index (κ1) is 28.4. The fourth-order valence-corrected chi connectivity index (χ4v) is 4.40. The highest BCUT2D eigenvalue weighted by atomic mass is 16.4. The summed E-state index contributed by atoms with van der Waals surface area (Å²) in [6, 6.07) is 25.7. The molecule has 0 unspecified atom stereocenters. The van der Waals surface area contributed by atoms with Crippen molar-refractivity contribution < 1.29 is 19.5 Å². The highest BCUT2D eigenvalue weighted by Gasteiger charge is 2.27. The molecule has 0 aromatic heterocycles. The van der Waals surface area contributed by atoms with Gasteiger partial charge in [0.2, 0.25) is 5.91 Å². The lowest BCUT2D eigenvalue weighted by Gasteiger charge is -2.29. The molecule has 3 aromatic carbocycles. The lowest BCUT2D eigenvalue weighted by molar-refractivity contribution is -0.139. The molecule has 7 nitrogen and oxygen atoms in total. The number of carboxylic acids is 1. The van der Waals surface area contributed by atoms with E-state index in [1.807, 2.05) is 98.8 Å². The van der Waals surface area contributed by atoms with Gasteiger partial charge in [-0.2, -0.15) is 0 Å². The van der Waals surface area contributed by atoms with Crippen molar-refractivity contribution in [2.75, 3.05) is 13.1 Å². The minimum absolute atomic E-state index is 0.122. The maximum absolute atomic E-state index is 13.3. The summed E-state index contributed by atoms with van der Waals surface area (Å²) in [6.45, 7) is 4.43. The van der Waals surface area contributed by atoms with Gasteiger partial charge in [-0.25, -0.2) is 9.59 Å². The standard InChI is InChI=1S/C31H37N3O4/c1-22(2)20-34(21-27(29(32)35)18-13-23-9-5-3-6-10-23)31(38)33-28(30(36)37)19-24-14-16-26(17-15-24)25-11-7-4-8-12-25/h3-12,14-17,22,27-28H,13,18-21H2,1-2H3,(H2,32,35)(H,33,38)(H,36,37)/t27-,28-/m0/s1. The fraction of sp³-hybridized carbons (Fsp3) is 0.323. The largest absolute Gasteiger partial charge is 0.480 e. The number of primary amides is 1. The Bertz CT molecular complexity index is 1180. The molecule has 0 aliphatic rings. The smallest absolute Gasteiger partial charge is 0.326 e. The van der Waals surface area contributed by atoms with Crippen LogP contribution in [0.4, 0.5) is 4.79 Å². The van der Waals surface area contributed by atoms with Crippen molar-refractivity contribution in [2.24, 2.45) is 17.6 Å². The van der Waals surface area contributed by atoms with E-state index in [0.717, 1.165) is 22.3 Å². The Balaban J connectivity index is 1.67. The Morgan fingerprint density at radius 3 is 1.95 bits per heavy atom. The van der Waals surface area contributed by atoms with Crippen LogP contribution in [0, 0.1) is 11.8 Å². The number of rotatable bonds is 13. The zero-order valence-corrected chi connectivity index (χ0v) is 22.0. The quantitative estimate of drug-likeness (QED) is 0.305. The van der Waals surface area contributed by atoms with Gasteiger partial charge in [0.25, 0.3) is 0 Å². The Morgan fingerprint density at radius 1 is 0.816 bits per heavy atom. The van der Waals surface area contributed by atoms with Gasteiger partial charge in [0.05, 0.1) is 5.92 Å². The van der Waals surface area contributed by atoms with Crippen LogP contribution in [0.25, 0.3) is 11.1 Å². The molecule has 0 saturated heterocycles. The molecule has 0 fully saturated rings. The van der Waals surface area contributed by atoms with E-state index in [1.54, 1.807) is 0 Å². The average Bonchev–Trinajstić information content (AvgIpc) is 2.91. The molecule has 7 heteroatoms. The van der Waals surface area contributed by atoms with E-state index in [1.165, 1.54) is 4.90 Å². The zero-order valence-electron chi connectivity index (χ0n) is 22.0. The lowest BCUT2D eigenvalue weighted by Crippen LogP contribution is -2.51. The molecule has 0 saturated carbocycles. The second-order valence-electron chi connectivity index (χ2n) is 10.0. The number of hydrogen-bond acceptors (Lipinski definition) is 3. The number of benzene rings is 3. The van der Waals surface area contributed by atoms with E-state index in [4.69, 9.17) is 5.73 Å². The highest BCUT2D eigenvalue weighted by Crippen LogP contribution is 2.20. The van der Waals surface area contributed by atoms with Crippen molar-refractivity contribution in [1.29, 1.82) is 0 Å². The van der Waals surface area contributed by atoms with Gasteiger partial charge in [-0.1, -0.05) is 98.8 Å². The van der Waals surface area contributed by atoms with Crippen molar-refractivity contribution in [3.8, 4) is 11.1 Å². The van der Waals surface area contributed by atoms with E-state index in [0.29, 0.717) is 19.4 Å². The van der Waals surface area contributed by atoms with Crippen LogP contribution in [-0.4, -0.2) is 47.0 Å². The summed E-state index contributed by atoms with van der Waals surface area (Å²) < 4.78 is 0. The third kappa shape index (κ3) is 8.76. The van der Waals surface area contributed by atoms with Gasteiger partial charge in [-0.3, -0.25) is 4.79 Å².